The summed E-state index contributed by atoms with van der Waals surface area (Å²) in [4.78, 5) is 12.4. The van der Waals surface area contributed by atoms with Crippen LogP contribution in [0.2, 0.25) is 10.0 Å². The number of carbonyl (C=O) groups excluding carboxylic acids is 1. The minimum atomic E-state index is -0.242. The minimum Gasteiger partial charge on any atom is -0.492 e. The van der Waals surface area contributed by atoms with Gasteiger partial charge in [0.05, 0.1) is 11.1 Å². The molecule has 0 aliphatic carbocycles. The van der Waals surface area contributed by atoms with Crippen LogP contribution < -0.4 is 10.1 Å². The van der Waals surface area contributed by atoms with Gasteiger partial charge in [0.15, 0.2) is 0 Å². The second-order valence-corrected chi connectivity index (χ2v) is 7.39. The van der Waals surface area contributed by atoms with Gasteiger partial charge in [-0.15, -0.1) is 0 Å². The van der Waals surface area contributed by atoms with Crippen LogP contribution in [0.1, 0.15) is 43.0 Å². The molecule has 0 saturated heterocycles. The van der Waals surface area contributed by atoms with Crippen molar-refractivity contribution in [3.63, 3.8) is 0 Å². The maximum Gasteiger partial charge on any atom is 0.255 e. The van der Waals surface area contributed by atoms with Crippen LogP contribution in [0, 0.1) is 0 Å². The van der Waals surface area contributed by atoms with E-state index in [1.54, 1.807) is 36.4 Å². The summed E-state index contributed by atoms with van der Waals surface area (Å²) < 4.78 is 6.50. The third-order valence-electron chi connectivity index (χ3n) is 3.57. The number of anilines is 1. The van der Waals surface area contributed by atoms with E-state index in [1.165, 1.54) is 12.8 Å². The van der Waals surface area contributed by atoms with E-state index in [9.17, 15) is 4.79 Å². The Labute approximate surface area is 166 Å². The Morgan fingerprint density at radius 3 is 2.44 bits per heavy atom. The summed E-state index contributed by atoms with van der Waals surface area (Å²) in [6.07, 6.45) is 4.61. The molecule has 25 heavy (non-hydrogen) atoms. The first-order chi connectivity index (χ1) is 12.0. The predicted octanol–water partition coefficient (Wildman–Crippen LogP) is 6.97. The first-order valence-electron chi connectivity index (χ1n) is 8.19. The maximum atomic E-state index is 12.4. The maximum absolute atomic E-state index is 12.4. The van der Waals surface area contributed by atoms with Gasteiger partial charge in [-0.1, -0.05) is 49.4 Å². The molecule has 0 aliphatic heterocycles. The van der Waals surface area contributed by atoms with E-state index >= 15 is 0 Å². The molecule has 2 aromatic carbocycles. The van der Waals surface area contributed by atoms with Crippen molar-refractivity contribution in [3.8, 4) is 5.75 Å². The molecule has 134 valence electrons. The van der Waals surface area contributed by atoms with Crippen LogP contribution in [-0.2, 0) is 0 Å². The second-order valence-electron chi connectivity index (χ2n) is 5.67. The van der Waals surface area contributed by atoms with Gasteiger partial charge in [0, 0.05) is 21.3 Å². The van der Waals surface area contributed by atoms with E-state index in [4.69, 9.17) is 27.9 Å². The zero-order chi connectivity index (χ0) is 18.2. The summed E-state index contributed by atoms with van der Waals surface area (Å²) in [5.41, 5.74) is 1.07. The van der Waals surface area contributed by atoms with Crippen molar-refractivity contribution in [1.82, 2.24) is 0 Å². The molecule has 0 heterocycles. The van der Waals surface area contributed by atoms with Crippen LogP contribution in [0.4, 0.5) is 5.69 Å². The summed E-state index contributed by atoms with van der Waals surface area (Å²) in [7, 11) is 0. The summed E-state index contributed by atoms with van der Waals surface area (Å²) in [5.74, 6) is 0.493. The molecule has 6 heteroatoms. The van der Waals surface area contributed by atoms with Crippen molar-refractivity contribution in [3.05, 3.63) is 56.5 Å². The summed E-state index contributed by atoms with van der Waals surface area (Å²) in [5, 5.41) is 3.72. The Morgan fingerprint density at radius 1 is 1.08 bits per heavy atom. The SMILES string of the molecule is CCCCCCOc1ccc(C(=O)Nc2cc(Cl)cc(Cl)c2)cc1Br. The van der Waals surface area contributed by atoms with Gasteiger partial charge in [-0.05, 0) is 58.7 Å². The molecular formula is C19H20BrCl2NO2. The highest BCUT2D eigenvalue weighted by Crippen LogP contribution is 2.27. The van der Waals surface area contributed by atoms with Gasteiger partial charge in [-0.25, -0.2) is 0 Å². The van der Waals surface area contributed by atoms with E-state index in [-0.39, 0.29) is 5.91 Å². The lowest BCUT2D eigenvalue weighted by molar-refractivity contribution is 0.102. The number of benzene rings is 2. The van der Waals surface area contributed by atoms with Gasteiger partial charge in [0.1, 0.15) is 5.75 Å². The summed E-state index contributed by atoms with van der Waals surface area (Å²) in [6.45, 7) is 2.85. The number of halogens is 3. The van der Waals surface area contributed by atoms with Crippen molar-refractivity contribution in [2.75, 3.05) is 11.9 Å². The molecule has 0 atom stereocenters. The number of nitrogens with one attached hydrogen (secondary N) is 1. The molecule has 0 saturated carbocycles. The number of rotatable bonds is 8. The lowest BCUT2D eigenvalue weighted by Gasteiger charge is -2.10. The van der Waals surface area contributed by atoms with Crippen LogP contribution in [0.25, 0.3) is 0 Å². The Kier molecular flexibility index (Phi) is 8.07. The second kappa shape index (κ2) is 10.0. The van der Waals surface area contributed by atoms with Gasteiger partial charge in [0.25, 0.3) is 5.91 Å². The zero-order valence-electron chi connectivity index (χ0n) is 14.0. The fourth-order valence-corrected chi connectivity index (χ4v) is 3.32. The van der Waals surface area contributed by atoms with Crippen molar-refractivity contribution in [1.29, 1.82) is 0 Å². The van der Waals surface area contributed by atoms with Crippen LogP contribution in [0.3, 0.4) is 0 Å². The van der Waals surface area contributed by atoms with Gasteiger partial charge < -0.3 is 10.1 Å². The molecule has 0 bridgehead atoms. The standard InChI is InChI=1S/C19H20BrCl2NO2/c1-2-3-4-5-8-25-18-7-6-13(9-17(18)20)19(24)23-16-11-14(21)10-15(22)12-16/h6-7,9-12H,2-5,8H2,1H3,(H,23,24). The first-order valence-corrected chi connectivity index (χ1v) is 9.74. The molecule has 0 aromatic heterocycles. The average molecular weight is 445 g/mol. The predicted molar refractivity (Wildman–Crippen MR) is 108 cm³/mol. The fourth-order valence-electron chi connectivity index (χ4n) is 2.30. The normalized spacial score (nSPS) is 10.6. The van der Waals surface area contributed by atoms with E-state index in [1.807, 2.05) is 0 Å². The highest BCUT2D eigenvalue weighted by atomic mass is 79.9. The number of carbonyl (C=O) groups is 1. The highest BCUT2D eigenvalue weighted by Gasteiger charge is 2.10. The Balaban J connectivity index is 1.97. The monoisotopic (exact) mass is 443 g/mol. The van der Waals surface area contributed by atoms with E-state index in [0.717, 1.165) is 23.1 Å². The van der Waals surface area contributed by atoms with Gasteiger partial charge in [0.2, 0.25) is 0 Å². The molecule has 0 spiro atoms. The number of amides is 1. The lowest BCUT2D eigenvalue weighted by Crippen LogP contribution is -2.12. The van der Waals surface area contributed by atoms with Gasteiger partial charge >= 0.3 is 0 Å². The first kappa shape index (κ1) is 20.1. The largest absolute Gasteiger partial charge is 0.492 e. The number of unbranched alkanes of at least 4 members (excludes halogenated alkanes) is 3. The molecule has 3 nitrogen and oxygen atoms in total. The third kappa shape index (κ3) is 6.53. The molecule has 0 fully saturated rings. The number of ether oxygens (including phenoxy) is 1. The van der Waals surface area contributed by atoms with Crippen LogP contribution in [0.15, 0.2) is 40.9 Å². The minimum absolute atomic E-state index is 0.242. The molecule has 2 aromatic rings. The van der Waals surface area contributed by atoms with Crippen LogP contribution >= 0.6 is 39.1 Å². The number of hydrogen-bond donors (Lipinski definition) is 1. The van der Waals surface area contributed by atoms with Gasteiger partial charge in [-0.2, -0.15) is 0 Å². The van der Waals surface area contributed by atoms with Crippen molar-refractivity contribution in [2.24, 2.45) is 0 Å². The van der Waals surface area contributed by atoms with Crippen LogP contribution in [-0.4, -0.2) is 12.5 Å². The van der Waals surface area contributed by atoms with Crippen molar-refractivity contribution >= 4 is 50.7 Å². The topological polar surface area (TPSA) is 38.3 Å². The quantitative estimate of drug-likeness (QED) is 0.446. The van der Waals surface area contributed by atoms with Crippen LogP contribution in [0.5, 0.6) is 5.75 Å². The Bertz CT molecular complexity index is 717. The Morgan fingerprint density at radius 2 is 1.80 bits per heavy atom. The number of hydrogen-bond acceptors (Lipinski definition) is 2. The molecule has 1 amide bonds. The highest BCUT2D eigenvalue weighted by molar-refractivity contribution is 9.10. The Hall–Kier alpha value is -1.23. The average Bonchev–Trinajstić information content (AvgIpc) is 2.55. The third-order valence-corrected chi connectivity index (χ3v) is 4.63. The zero-order valence-corrected chi connectivity index (χ0v) is 17.0. The molecule has 1 N–H and O–H groups in total. The smallest absolute Gasteiger partial charge is 0.255 e. The molecule has 0 aliphatic rings. The summed E-state index contributed by atoms with van der Waals surface area (Å²) in [6, 6.07) is 10.2. The lowest BCUT2D eigenvalue weighted by atomic mass is 10.2. The molecule has 2 rings (SSSR count). The summed E-state index contributed by atoms with van der Waals surface area (Å²) >= 11 is 15.4. The van der Waals surface area contributed by atoms with Crippen molar-refractivity contribution in [2.45, 2.75) is 32.6 Å². The molecule has 0 unspecified atom stereocenters. The van der Waals surface area contributed by atoms with Gasteiger partial charge in [-0.3, -0.25) is 4.79 Å². The van der Waals surface area contributed by atoms with E-state index < -0.39 is 0 Å². The van der Waals surface area contributed by atoms with E-state index in [0.29, 0.717) is 27.9 Å². The van der Waals surface area contributed by atoms with Crippen molar-refractivity contribution < 1.29 is 9.53 Å². The molecular weight excluding hydrogens is 425 g/mol. The van der Waals surface area contributed by atoms with E-state index in [2.05, 4.69) is 28.2 Å². The fraction of sp³-hybridized carbons (Fsp3) is 0.316. The molecule has 0 radical (unpaired) electrons.